The highest BCUT2D eigenvalue weighted by molar-refractivity contribution is 7.14. The molecule has 4 rings (SSSR count). The number of carbonyl (C=O) groups excluding carboxylic acids is 2. The summed E-state index contributed by atoms with van der Waals surface area (Å²) in [5, 5.41) is 0.553. The van der Waals surface area contributed by atoms with Gasteiger partial charge in [0.25, 0.3) is 0 Å². The highest BCUT2D eigenvalue weighted by atomic mass is 32.1. The van der Waals surface area contributed by atoms with Crippen LogP contribution in [0.25, 0.3) is 0 Å². The van der Waals surface area contributed by atoms with E-state index in [2.05, 4.69) is 0 Å². The van der Waals surface area contributed by atoms with Gasteiger partial charge in [-0.15, -0.1) is 11.3 Å². The summed E-state index contributed by atoms with van der Waals surface area (Å²) in [5.74, 6) is -1.17. The zero-order valence-electron chi connectivity index (χ0n) is 14.9. The zero-order valence-corrected chi connectivity index (χ0v) is 15.8. The molecule has 0 radical (unpaired) electrons. The molecule has 1 fully saturated rings. The number of fused-ring (bicyclic) bond motifs is 1. The Kier molecular flexibility index (Phi) is 4.97. The molecule has 0 bridgehead atoms. The normalized spacial score (nSPS) is 17.9. The standard InChI is InChI=1S/C20H20FNO4S/c1-12(23)25-18-10-13-11-22(9-8-17(13)27-18)19(20(24)26-14-6-7-14)15-4-2-3-5-16(15)21/h2-5,10,14,19H,6-9,11H2,1H3. The minimum atomic E-state index is -0.781. The fourth-order valence-corrected chi connectivity index (χ4v) is 4.38. The molecule has 1 aromatic carbocycles. The number of halogens is 1. The fraction of sp³-hybridized carbons (Fsp3) is 0.400. The summed E-state index contributed by atoms with van der Waals surface area (Å²) in [6.07, 6.45) is 2.42. The first-order valence-electron chi connectivity index (χ1n) is 9.00. The van der Waals surface area contributed by atoms with Gasteiger partial charge >= 0.3 is 11.9 Å². The van der Waals surface area contributed by atoms with Crippen LogP contribution < -0.4 is 4.74 Å². The van der Waals surface area contributed by atoms with Crippen molar-refractivity contribution in [2.24, 2.45) is 0 Å². The van der Waals surface area contributed by atoms with Crippen LogP contribution in [0.1, 0.15) is 41.8 Å². The molecule has 7 heteroatoms. The van der Waals surface area contributed by atoms with Gasteiger partial charge in [-0.1, -0.05) is 18.2 Å². The molecular formula is C20H20FNO4S. The Bertz CT molecular complexity index is 877. The Hall–Kier alpha value is -2.25. The molecule has 0 spiro atoms. The summed E-state index contributed by atoms with van der Waals surface area (Å²) in [4.78, 5) is 27.1. The number of ether oxygens (including phenoxy) is 2. The average Bonchev–Trinajstić information content (AvgIpc) is 3.33. The van der Waals surface area contributed by atoms with Gasteiger partial charge in [-0.25, -0.2) is 9.18 Å². The van der Waals surface area contributed by atoms with Gasteiger partial charge in [0.15, 0.2) is 5.06 Å². The van der Waals surface area contributed by atoms with Gasteiger partial charge in [0.2, 0.25) is 0 Å². The van der Waals surface area contributed by atoms with E-state index in [-0.39, 0.29) is 12.1 Å². The van der Waals surface area contributed by atoms with Crippen molar-refractivity contribution in [1.82, 2.24) is 4.90 Å². The number of benzene rings is 1. The van der Waals surface area contributed by atoms with E-state index in [9.17, 15) is 14.0 Å². The monoisotopic (exact) mass is 389 g/mol. The van der Waals surface area contributed by atoms with Crippen LogP contribution in [0.2, 0.25) is 0 Å². The largest absolute Gasteiger partial charge is 0.461 e. The summed E-state index contributed by atoms with van der Waals surface area (Å²) in [6, 6.07) is 7.40. The van der Waals surface area contributed by atoms with Crippen LogP contribution in [0.4, 0.5) is 4.39 Å². The molecule has 1 aromatic heterocycles. The number of hydrogen-bond donors (Lipinski definition) is 0. The van der Waals surface area contributed by atoms with Crippen LogP contribution in [0, 0.1) is 5.82 Å². The Morgan fingerprint density at radius 1 is 1.30 bits per heavy atom. The number of esters is 2. The Morgan fingerprint density at radius 3 is 2.78 bits per heavy atom. The Balaban J connectivity index is 1.60. The highest BCUT2D eigenvalue weighted by Gasteiger charge is 2.37. The molecule has 2 aliphatic rings. The van der Waals surface area contributed by atoms with Crippen LogP contribution in [0.5, 0.6) is 5.06 Å². The number of carbonyl (C=O) groups is 2. The van der Waals surface area contributed by atoms with Gasteiger partial charge in [-0.3, -0.25) is 9.69 Å². The second-order valence-corrected chi connectivity index (χ2v) is 7.99. The summed E-state index contributed by atoms with van der Waals surface area (Å²) in [6.45, 7) is 2.45. The maximum Gasteiger partial charge on any atom is 0.328 e. The number of nitrogens with zero attached hydrogens (tertiary/aromatic N) is 1. The molecule has 27 heavy (non-hydrogen) atoms. The van der Waals surface area contributed by atoms with Gasteiger partial charge in [0.1, 0.15) is 18.0 Å². The maximum absolute atomic E-state index is 14.5. The third kappa shape index (κ3) is 4.04. The Labute approximate surface area is 160 Å². The van der Waals surface area contributed by atoms with Gasteiger partial charge in [0, 0.05) is 30.5 Å². The SMILES string of the molecule is CC(=O)Oc1cc2c(s1)CCN(C(C(=O)OC1CC1)c1ccccc1F)C2. The van der Waals surface area contributed by atoms with Gasteiger partial charge in [0.05, 0.1) is 0 Å². The van der Waals surface area contributed by atoms with Crippen molar-refractivity contribution < 1.29 is 23.5 Å². The first-order chi connectivity index (χ1) is 13.0. The average molecular weight is 389 g/mol. The molecule has 0 N–H and O–H groups in total. The van der Waals surface area contributed by atoms with E-state index in [1.165, 1.54) is 24.3 Å². The molecule has 2 aromatic rings. The summed E-state index contributed by atoms with van der Waals surface area (Å²) in [5.41, 5.74) is 1.34. The molecule has 1 aliphatic carbocycles. The van der Waals surface area contributed by atoms with E-state index in [1.807, 2.05) is 11.0 Å². The van der Waals surface area contributed by atoms with Crippen molar-refractivity contribution in [2.75, 3.05) is 6.54 Å². The molecular weight excluding hydrogens is 369 g/mol. The van der Waals surface area contributed by atoms with Crippen molar-refractivity contribution >= 4 is 23.3 Å². The lowest BCUT2D eigenvalue weighted by molar-refractivity contribution is -0.152. The Morgan fingerprint density at radius 2 is 2.07 bits per heavy atom. The predicted molar refractivity (Wildman–Crippen MR) is 98.0 cm³/mol. The third-order valence-corrected chi connectivity index (χ3v) is 5.83. The molecule has 1 saturated carbocycles. The molecule has 5 nitrogen and oxygen atoms in total. The third-order valence-electron chi connectivity index (χ3n) is 4.71. The summed E-state index contributed by atoms with van der Waals surface area (Å²) >= 11 is 1.45. The highest BCUT2D eigenvalue weighted by Crippen LogP contribution is 2.37. The molecule has 142 valence electrons. The van der Waals surface area contributed by atoms with E-state index < -0.39 is 17.8 Å². The van der Waals surface area contributed by atoms with Crippen LogP contribution in [0.15, 0.2) is 30.3 Å². The quantitative estimate of drug-likeness (QED) is 0.731. The van der Waals surface area contributed by atoms with Crippen molar-refractivity contribution in [3.63, 3.8) is 0 Å². The lowest BCUT2D eigenvalue weighted by atomic mass is 10.0. The van der Waals surface area contributed by atoms with Gasteiger partial charge in [-0.05, 0) is 37.0 Å². The molecule has 1 unspecified atom stereocenters. The van der Waals surface area contributed by atoms with Crippen molar-refractivity contribution in [3.8, 4) is 5.06 Å². The number of thiophene rings is 1. The second kappa shape index (κ2) is 7.40. The number of hydrogen-bond acceptors (Lipinski definition) is 6. The molecule has 0 amide bonds. The summed E-state index contributed by atoms with van der Waals surface area (Å²) in [7, 11) is 0. The second-order valence-electron chi connectivity index (χ2n) is 6.89. The maximum atomic E-state index is 14.5. The van der Waals surface area contributed by atoms with Gasteiger partial charge < -0.3 is 9.47 Å². The summed E-state index contributed by atoms with van der Waals surface area (Å²) < 4.78 is 25.2. The van der Waals surface area contributed by atoms with Crippen LogP contribution >= 0.6 is 11.3 Å². The van der Waals surface area contributed by atoms with Crippen molar-refractivity contribution in [3.05, 3.63) is 52.2 Å². The topological polar surface area (TPSA) is 55.8 Å². The fourth-order valence-electron chi connectivity index (χ4n) is 3.32. The van der Waals surface area contributed by atoms with Crippen molar-refractivity contribution in [2.45, 2.75) is 44.9 Å². The minimum absolute atomic E-state index is 0.0381. The minimum Gasteiger partial charge on any atom is -0.461 e. The zero-order chi connectivity index (χ0) is 19.0. The van der Waals surface area contributed by atoms with Crippen LogP contribution in [-0.4, -0.2) is 29.5 Å². The van der Waals surface area contributed by atoms with Crippen molar-refractivity contribution in [1.29, 1.82) is 0 Å². The molecule has 0 saturated heterocycles. The van der Waals surface area contributed by atoms with Gasteiger partial charge in [-0.2, -0.15) is 0 Å². The lowest BCUT2D eigenvalue weighted by Crippen LogP contribution is -2.39. The van der Waals surface area contributed by atoms with Crippen LogP contribution in [-0.2, 0) is 27.3 Å². The van der Waals surface area contributed by atoms with E-state index in [0.29, 0.717) is 30.1 Å². The first-order valence-corrected chi connectivity index (χ1v) is 9.82. The van der Waals surface area contributed by atoms with E-state index in [4.69, 9.17) is 9.47 Å². The van der Waals surface area contributed by atoms with Crippen LogP contribution in [0.3, 0.4) is 0 Å². The van der Waals surface area contributed by atoms with E-state index in [1.54, 1.807) is 18.2 Å². The molecule has 2 heterocycles. The molecule has 1 atom stereocenters. The number of rotatable bonds is 5. The first kappa shape index (κ1) is 18.1. The smallest absolute Gasteiger partial charge is 0.328 e. The predicted octanol–water partition coefficient (Wildman–Crippen LogP) is 3.62. The van der Waals surface area contributed by atoms with E-state index in [0.717, 1.165) is 23.3 Å². The lowest BCUT2D eigenvalue weighted by Gasteiger charge is -2.33. The van der Waals surface area contributed by atoms with E-state index >= 15 is 0 Å². The molecule has 1 aliphatic heterocycles.